The van der Waals surface area contributed by atoms with Gasteiger partial charge in [0.15, 0.2) is 0 Å². The van der Waals surface area contributed by atoms with Crippen LogP contribution in [0.3, 0.4) is 0 Å². The van der Waals surface area contributed by atoms with E-state index in [0.29, 0.717) is 12.1 Å². The zero-order valence-corrected chi connectivity index (χ0v) is 10.0. The van der Waals surface area contributed by atoms with Crippen LogP contribution in [-0.2, 0) is 4.74 Å². The molecule has 0 saturated carbocycles. The van der Waals surface area contributed by atoms with Crippen molar-refractivity contribution >= 4 is 23.3 Å². The number of carbonyl (C=O) groups is 2. The van der Waals surface area contributed by atoms with Gasteiger partial charge in [-0.15, -0.1) is 0 Å². The number of carboxylic acids is 1. The summed E-state index contributed by atoms with van der Waals surface area (Å²) in [5.41, 5.74) is -3.59. The van der Waals surface area contributed by atoms with E-state index in [0.717, 1.165) is 0 Å². The zero-order chi connectivity index (χ0) is 15.4. The van der Waals surface area contributed by atoms with Crippen molar-refractivity contribution in [3.8, 4) is 0 Å². The molecule has 0 aliphatic carbocycles. The predicted octanol–water partition coefficient (Wildman–Crippen LogP) is 0.0432. The largest absolute Gasteiger partial charge is 0.545 e. The highest BCUT2D eigenvalue weighted by Gasteiger charge is 2.29. The van der Waals surface area contributed by atoms with Crippen molar-refractivity contribution in [2.45, 2.75) is 6.92 Å². The molecular weight excluding hydrogens is 276 g/mol. The lowest BCUT2D eigenvalue weighted by Crippen LogP contribution is -2.24. The Hall–Kier alpha value is -3.04. The number of carboxylic acid groups (broad SMARTS) is 1. The first-order valence-corrected chi connectivity index (χ1v) is 5.14. The van der Waals surface area contributed by atoms with Gasteiger partial charge in [0.25, 0.3) is 11.4 Å². The third-order valence-corrected chi connectivity index (χ3v) is 2.22. The molecule has 0 aliphatic heterocycles. The summed E-state index contributed by atoms with van der Waals surface area (Å²) in [4.78, 5) is 41.6. The second kappa shape index (κ2) is 5.73. The average molecular weight is 283 g/mol. The quantitative estimate of drug-likeness (QED) is 0.417. The maximum Gasteiger partial charge on any atom is 0.345 e. The highest BCUT2D eigenvalue weighted by molar-refractivity contribution is 6.00. The van der Waals surface area contributed by atoms with Gasteiger partial charge in [0, 0.05) is 0 Å². The third-order valence-electron chi connectivity index (χ3n) is 2.22. The fraction of sp³-hybridized carbons (Fsp3) is 0.200. The van der Waals surface area contributed by atoms with Gasteiger partial charge in [0.1, 0.15) is 5.56 Å². The Balaban J connectivity index is 3.61. The van der Waals surface area contributed by atoms with Gasteiger partial charge in [-0.2, -0.15) is 0 Å². The first-order valence-electron chi connectivity index (χ1n) is 5.14. The van der Waals surface area contributed by atoms with Gasteiger partial charge in [-0.1, -0.05) is 0 Å². The fourth-order valence-electron chi connectivity index (χ4n) is 1.42. The molecule has 20 heavy (non-hydrogen) atoms. The number of carbonyl (C=O) groups excluding carboxylic acids is 2. The molecule has 10 nitrogen and oxygen atoms in total. The Morgan fingerprint density at radius 2 is 1.60 bits per heavy atom. The van der Waals surface area contributed by atoms with Crippen molar-refractivity contribution in [3.63, 3.8) is 0 Å². The molecule has 106 valence electrons. The lowest BCUT2D eigenvalue weighted by Gasteiger charge is -2.07. The molecule has 0 aliphatic rings. The van der Waals surface area contributed by atoms with Crippen LogP contribution in [0.5, 0.6) is 0 Å². The second-order valence-corrected chi connectivity index (χ2v) is 3.41. The molecule has 1 aromatic carbocycles. The molecular formula is C10H7N2O8-. The molecule has 0 radical (unpaired) electrons. The molecule has 0 amide bonds. The number of benzene rings is 1. The van der Waals surface area contributed by atoms with Crippen LogP contribution in [0.4, 0.5) is 11.4 Å². The normalized spacial score (nSPS) is 9.85. The summed E-state index contributed by atoms with van der Waals surface area (Å²) >= 11 is 0. The van der Waals surface area contributed by atoms with E-state index in [1.807, 2.05) is 0 Å². The summed E-state index contributed by atoms with van der Waals surface area (Å²) < 4.78 is 4.53. The van der Waals surface area contributed by atoms with Crippen molar-refractivity contribution < 1.29 is 29.3 Å². The number of ether oxygens (including phenoxy) is 1. The van der Waals surface area contributed by atoms with Crippen LogP contribution in [0, 0.1) is 20.2 Å². The number of hydrogen-bond donors (Lipinski definition) is 0. The Kier molecular flexibility index (Phi) is 4.31. The van der Waals surface area contributed by atoms with Crippen molar-refractivity contribution in [1.82, 2.24) is 0 Å². The summed E-state index contributed by atoms with van der Waals surface area (Å²) in [6.45, 7) is 1.34. The number of hydrogen-bond acceptors (Lipinski definition) is 8. The standard InChI is InChI=1S/C10H8N2O8/c1-2-20-10(15)6-3-5(9(13)14)7(11(16)17)4-8(6)12(18)19/h3-4H,2H2,1H3,(H,13,14)/p-1. The second-order valence-electron chi connectivity index (χ2n) is 3.41. The summed E-state index contributed by atoms with van der Waals surface area (Å²) in [6.07, 6.45) is 0. The lowest BCUT2D eigenvalue weighted by molar-refractivity contribution is -0.394. The van der Waals surface area contributed by atoms with Crippen molar-refractivity contribution in [3.05, 3.63) is 43.5 Å². The first kappa shape index (κ1) is 15.0. The van der Waals surface area contributed by atoms with E-state index < -0.39 is 44.3 Å². The van der Waals surface area contributed by atoms with E-state index in [4.69, 9.17) is 0 Å². The Morgan fingerprint density at radius 1 is 1.10 bits per heavy atom. The van der Waals surface area contributed by atoms with Crippen molar-refractivity contribution in [2.75, 3.05) is 6.61 Å². The van der Waals surface area contributed by atoms with Gasteiger partial charge in [0.05, 0.1) is 34.1 Å². The average Bonchev–Trinajstić information content (AvgIpc) is 2.36. The van der Waals surface area contributed by atoms with Crippen LogP contribution < -0.4 is 5.11 Å². The van der Waals surface area contributed by atoms with Gasteiger partial charge in [-0.05, 0) is 13.0 Å². The highest BCUT2D eigenvalue weighted by atomic mass is 16.6. The molecule has 0 aromatic heterocycles. The minimum Gasteiger partial charge on any atom is -0.545 e. The van der Waals surface area contributed by atoms with Crippen LogP contribution in [0.25, 0.3) is 0 Å². The summed E-state index contributed by atoms with van der Waals surface area (Å²) in [6, 6.07) is 0.890. The van der Waals surface area contributed by atoms with Crippen molar-refractivity contribution in [1.29, 1.82) is 0 Å². The van der Waals surface area contributed by atoms with E-state index in [2.05, 4.69) is 4.74 Å². The summed E-state index contributed by atoms with van der Waals surface area (Å²) in [5, 5.41) is 32.3. The maximum atomic E-state index is 11.5. The molecule has 0 saturated heterocycles. The van der Waals surface area contributed by atoms with E-state index >= 15 is 0 Å². The van der Waals surface area contributed by atoms with Crippen LogP contribution in [-0.4, -0.2) is 28.4 Å². The van der Waals surface area contributed by atoms with Gasteiger partial charge in [-0.3, -0.25) is 20.2 Å². The number of rotatable bonds is 5. The fourth-order valence-corrected chi connectivity index (χ4v) is 1.42. The van der Waals surface area contributed by atoms with E-state index in [1.54, 1.807) is 0 Å². The maximum absolute atomic E-state index is 11.5. The van der Waals surface area contributed by atoms with Gasteiger partial charge >= 0.3 is 5.97 Å². The van der Waals surface area contributed by atoms with Gasteiger partial charge in [0.2, 0.25) is 0 Å². The summed E-state index contributed by atoms with van der Waals surface area (Å²) in [7, 11) is 0. The summed E-state index contributed by atoms with van der Waals surface area (Å²) in [5.74, 6) is -3.09. The van der Waals surface area contributed by atoms with E-state index in [-0.39, 0.29) is 6.61 Å². The molecule has 0 N–H and O–H groups in total. The number of nitro groups is 2. The minimum absolute atomic E-state index is 0.104. The molecule has 1 rings (SSSR count). The van der Waals surface area contributed by atoms with Crippen LogP contribution >= 0.6 is 0 Å². The van der Waals surface area contributed by atoms with Gasteiger partial charge in [-0.25, -0.2) is 4.79 Å². The van der Waals surface area contributed by atoms with E-state index in [1.165, 1.54) is 6.92 Å². The van der Waals surface area contributed by atoms with E-state index in [9.17, 15) is 34.9 Å². The number of nitrogens with zero attached hydrogens (tertiary/aromatic N) is 2. The molecule has 0 spiro atoms. The number of esters is 1. The Morgan fingerprint density at radius 3 is 2.00 bits per heavy atom. The van der Waals surface area contributed by atoms with Crippen LogP contribution in [0.1, 0.15) is 27.6 Å². The van der Waals surface area contributed by atoms with Crippen LogP contribution in [0.2, 0.25) is 0 Å². The number of aromatic carboxylic acids is 1. The molecule has 0 unspecified atom stereocenters. The van der Waals surface area contributed by atoms with Gasteiger partial charge < -0.3 is 14.6 Å². The molecule has 0 bridgehead atoms. The predicted molar refractivity (Wildman–Crippen MR) is 60.0 cm³/mol. The number of nitro benzene ring substituents is 2. The highest BCUT2D eigenvalue weighted by Crippen LogP contribution is 2.29. The Bertz CT molecular complexity index is 610. The zero-order valence-electron chi connectivity index (χ0n) is 10.0. The molecule has 0 fully saturated rings. The molecule has 10 heteroatoms. The van der Waals surface area contributed by atoms with Crippen LogP contribution in [0.15, 0.2) is 12.1 Å². The molecule has 1 aromatic rings. The topological polar surface area (TPSA) is 153 Å². The minimum atomic E-state index is -1.93. The molecule has 0 atom stereocenters. The third kappa shape index (κ3) is 2.85. The lowest BCUT2D eigenvalue weighted by atomic mass is 10.1. The monoisotopic (exact) mass is 283 g/mol. The SMILES string of the molecule is CCOC(=O)c1cc(C(=O)[O-])c([N+](=O)[O-])cc1[N+](=O)[O-]. The smallest absolute Gasteiger partial charge is 0.345 e. The van der Waals surface area contributed by atoms with Crippen molar-refractivity contribution in [2.24, 2.45) is 0 Å². The Labute approximate surface area is 110 Å². The first-order chi connectivity index (χ1) is 9.29. The molecule has 0 heterocycles.